The molecule has 4 aromatic carbocycles. The van der Waals surface area contributed by atoms with Gasteiger partial charge in [-0.3, -0.25) is 0 Å². The SMILES string of the molecule is C=C[CH2-].Oc1ccccc1C1=N[C@@H](Cc2ccccc2)CO1.Oc1ccccc1C1=N[C@@H](Cc2ccccc2)CO1.[Cr]. The zero-order valence-electron chi connectivity index (χ0n) is 23.4. The zero-order chi connectivity index (χ0) is 28.9. The Morgan fingerprint density at radius 3 is 1.33 bits per heavy atom. The summed E-state index contributed by atoms with van der Waals surface area (Å²) in [4.78, 5) is 9.10. The van der Waals surface area contributed by atoms with E-state index < -0.39 is 0 Å². The third kappa shape index (κ3) is 9.31. The largest absolute Gasteiger partial charge is 0.507 e. The molecule has 0 amide bonds. The molecule has 6 nitrogen and oxygen atoms in total. The molecule has 7 heteroatoms. The Morgan fingerprint density at radius 2 is 0.976 bits per heavy atom. The molecule has 0 bridgehead atoms. The van der Waals surface area contributed by atoms with E-state index in [4.69, 9.17) is 9.47 Å². The van der Waals surface area contributed by atoms with Gasteiger partial charge >= 0.3 is 0 Å². The van der Waals surface area contributed by atoms with Gasteiger partial charge in [0.1, 0.15) is 24.7 Å². The van der Waals surface area contributed by atoms with Crippen molar-refractivity contribution in [3.8, 4) is 11.5 Å². The van der Waals surface area contributed by atoms with Gasteiger partial charge in [0.05, 0.1) is 23.2 Å². The second-order valence-corrected chi connectivity index (χ2v) is 9.50. The van der Waals surface area contributed by atoms with Gasteiger partial charge in [-0.25, -0.2) is 29.6 Å². The topological polar surface area (TPSA) is 83.6 Å². The van der Waals surface area contributed by atoms with Crippen molar-refractivity contribution in [2.75, 3.05) is 13.2 Å². The van der Waals surface area contributed by atoms with Gasteiger partial charge in [0.25, 0.3) is 0 Å². The number of hydrogen-bond acceptors (Lipinski definition) is 6. The normalized spacial score (nSPS) is 16.5. The molecule has 2 aliphatic heterocycles. The summed E-state index contributed by atoms with van der Waals surface area (Å²) < 4.78 is 11.2. The van der Waals surface area contributed by atoms with Crippen LogP contribution in [0, 0.1) is 6.92 Å². The fraction of sp³-hybridized carbons (Fsp3) is 0.171. The first-order chi connectivity index (χ1) is 20.1. The minimum atomic E-state index is 0. The fourth-order valence-corrected chi connectivity index (χ4v) is 4.42. The fourth-order valence-electron chi connectivity index (χ4n) is 4.42. The third-order valence-corrected chi connectivity index (χ3v) is 6.32. The molecule has 6 rings (SSSR count). The van der Waals surface area contributed by atoms with E-state index in [1.807, 2.05) is 60.7 Å². The quantitative estimate of drug-likeness (QED) is 0.246. The molecule has 2 aliphatic rings. The van der Waals surface area contributed by atoms with E-state index in [1.165, 1.54) is 17.2 Å². The standard InChI is InChI=1S/2C16H15NO2.C3H5.Cr/c2*18-15-9-5-4-8-14(15)16-17-13(11-19-16)10-12-6-2-1-3-7-12;1-3-2;/h2*1-9,13,18H,10-11H2;3H,1-2H2;/q;;-1;/t2*13-;;/m00../s1. The maximum atomic E-state index is 9.79. The van der Waals surface area contributed by atoms with Crippen LogP contribution in [0.1, 0.15) is 22.3 Å². The molecular formula is C35H35CrN2O4-. The van der Waals surface area contributed by atoms with Gasteiger partial charge in [0.2, 0.25) is 11.8 Å². The van der Waals surface area contributed by atoms with E-state index in [9.17, 15) is 10.2 Å². The predicted molar refractivity (Wildman–Crippen MR) is 165 cm³/mol. The molecule has 42 heavy (non-hydrogen) atoms. The number of ether oxygens (including phenoxy) is 2. The molecule has 2 heterocycles. The smallest absolute Gasteiger partial charge is 0.220 e. The van der Waals surface area contributed by atoms with Gasteiger partial charge in [-0.05, 0) is 48.2 Å². The van der Waals surface area contributed by atoms with Crippen molar-refractivity contribution in [2.24, 2.45) is 9.98 Å². The van der Waals surface area contributed by atoms with Crippen molar-refractivity contribution in [3.05, 3.63) is 151 Å². The Morgan fingerprint density at radius 1 is 0.643 bits per heavy atom. The van der Waals surface area contributed by atoms with E-state index in [2.05, 4.69) is 47.8 Å². The number of aromatic hydroxyl groups is 2. The van der Waals surface area contributed by atoms with E-state index >= 15 is 0 Å². The number of phenols is 2. The third-order valence-electron chi connectivity index (χ3n) is 6.32. The molecule has 0 fully saturated rings. The molecule has 2 atom stereocenters. The second-order valence-electron chi connectivity index (χ2n) is 9.50. The second kappa shape index (κ2) is 16.7. The number of phenolic OH excluding ortho intramolecular Hbond substituents is 2. The Kier molecular flexibility index (Phi) is 12.8. The van der Waals surface area contributed by atoms with Crippen LogP contribution in [0.3, 0.4) is 0 Å². The molecule has 216 valence electrons. The molecule has 0 unspecified atom stereocenters. The summed E-state index contributed by atoms with van der Waals surface area (Å²) >= 11 is 0. The van der Waals surface area contributed by atoms with Gasteiger partial charge in [-0.15, -0.1) is 0 Å². The Balaban J connectivity index is 0.000000207. The number of benzene rings is 4. The number of allylic oxidation sites excluding steroid dienone is 1. The van der Waals surface area contributed by atoms with Crippen LogP contribution in [0.2, 0.25) is 0 Å². The first kappa shape index (κ1) is 32.1. The van der Waals surface area contributed by atoms with Gasteiger partial charge < -0.3 is 19.7 Å². The van der Waals surface area contributed by atoms with Gasteiger partial charge in [0, 0.05) is 17.4 Å². The van der Waals surface area contributed by atoms with E-state index in [0.717, 1.165) is 12.8 Å². The van der Waals surface area contributed by atoms with Gasteiger partial charge in [0.15, 0.2) is 0 Å². The Labute approximate surface area is 258 Å². The molecule has 0 aliphatic carbocycles. The molecule has 0 saturated carbocycles. The summed E-state index contributed by atoms with van der Waals surface area (Å²) in [5.74, 6) is 1.50. The maximum Gasteiger partial charge on any atom is 0.220 e. The zero-order valence-corrected chi connectivity index (χ0v) is 24.7. The molecule has 0 spiro atoms. The molecule has 4 aromatic rings. The van der Waals surface area contributed by atoms with Crippen molar-refractivity contribution in [1.29, 1.82) is 0 Å². The molecule has 0 aromatic heterocycles. The van der Waals surface area contributed by atoms with Crippen LogP contribution >= 0.6 is 0 Å². The summed E-state index contributed by atoms with van der Waals surface area (Å²) in [6, 6.07) is 35.0. The minimum Gasteiger partial charge on any atom is -0.507 e. The number of nitrogens with zero attached hydrogens (tertiary/aromatic N) is 2. The molecule has 2 N–H and O–H groups in total. The number of rotatable bonds is 6. The van der Waals surface area contributed by atoms with Crippen LogP contribution in [0.5, 0.6) is 11.5 Å². The van der Waals surface area contributed by atoms with Crippen LogP contribution in [-0.4, -0.2) is 47.3 Å². The average Bonchev–Trinajstić information content (AvgIpc) is 3.65. The summed E-state index contributed by atoms with van der Waals surface area (Å²) in [5.41, 5.74) is 3.83. The van der Waals surface area contributed by atoms with Crippen LogP contribution in [0.4, 0.5) is 0 Å². The molecule has 0 radical (unpaired) electrons. The van der Waals surface area contributed by atoms with E-state index in [1.54, 1.807) is 24.3 Å². The molecular weight excluding hydrogens is 564 g/mol. The minimum absolute atomic E-state index is 0. The maximum absolute atomic E-state index is 9.79. The van der Waals surface area contributed by atoms with Crippen LogP contribution in [0.25, 0.3) is 0 Å². The van der Waals surface area contributed by atoms with E-state index in [0.29, 0.717) is 36.1 Å². The predicted octanol–water partition coefficient (Wildman–Crippen LogP) is 6.56. The van der Waals surface area contributed by atoms with Crippen molar-refractivity contribution in [1.82, 2.24) is 0 Å². The van der Waals surface area contributed by atoms with E-state index in [-0.39, 0.29) is 40.9 Å². The van der Waals surface area contributed by atoms with Crippen LogP contribution in [-0.2, 0) is 39.7 Å². The van der Waals surface area contributed by atoms with Crippen molar-refractivity contribution in [3.63, 3.8) is 0 Å². The van der Waals surface area contributed by atoms with Crippen molar-refractivity contribution < 1.29 is 37.0 Å². The van der Waals surface area contributed by atoms with Crippen molar-refractivity contribution >= 4 is 11.8 Å². The summed E-state index contributed by atoms with van der Waals surface area (Å²) in [6.07, 6.45) is 3.22. The van der Waals surface area contributed by atoms with Crippen LogP contribution in [0.15, 0.2) is 132 Å². The van der Waals surface area contributed by atoms with Crippen LogP contribution < -0.4 is 0 Å². The number of aliphatic imine (C=N–C) groups is 2. The first-order valence-corrected chi connectivity index (χ1v) is 13.5. The van der Waals surface area contributed by atoms with Gasteiger partial charge in [-0.1, -0.05) is 84.9 Å². The van der Waals surface area contributed by atoms with Gasteiger partial charge in [-0.2, -0.15) is 0 Å². The average molecular weight is 600 g/mol. The summed E-state index contributed by atoms with van der Waals surface area (Å²) in [6.45, 7) is 7.64. The number of hydrogen-bond donors (Lipinski definition) is 2. The Bertz CT molecular complexity index is 1350. The summed E-state index contributed by atoms with van der Waals surface area (Å²) in [5, 5.41) is 19.6. The monoisotopic (exact) mass is 599 g/mol. The van der Waals surface area contributed by atoms with Crippen molar-refractivity contribution in [2.45, 2.75) is 24.9 Å². The summed E-state index contributed by atoms with van der Waals surface area (Å²) in [7, 11) is 0. The molecule has 0 saturated heterocycles. The Hall–Kier alpha value is -4.44. The number of para-hydroxylation sites is 2. The first-order valence-electron chi connectivity index (χ1n) is 13.5.